The number of benzene rings is 1. The molecule has 0 atom stereocenters. The van der Waals surface area contributed by atoms with E-state index in [2.05, 4.69) is 60.9 Å². The zero-order valence-electron chi connectivity index (χ0n) is 13.9. The van der Waals surface area contributed by atoms with Crippen LogP contribution in [0.2, 0.25) is 0 Å². The van der Waals surface area contributed by atoms with Crippen molar-refractivity contribution in [1.29, 1.82) is 0 Å². The van der Waals surface area contributed by atoms with E-state index in [-0.39, 0.29) is 5.41 Å². The topological polar surface area (TPSA) is 36.4 Å². The normalized spacial score (nSPS) is 16.7. The Bertz CT molecular complexity index is 508. The molecule has 2 rings (SSSR count). The van der Waals surface area contributed by atoms with Crippen LogP contribution in [0.5, 0.6) is 0 Å². The maximum absolute atomic E-state index is 5.28. The van der Waals surface area contributed by atoms with Gasteiger partial charge in [-0.25, -0.2) is 0 Å². The Kier molecular flexibility index (Phi) is 5.95. The van der Waals surface area contributed by atoms with Gasteiger partial charge in [-0.15, -0.1) is 0 Å². The molecule has 0 saturated heterocycles. The highest BCUT2D eigenvalue weighted by Gasteiger charge is 2.14. The third-order valence-electron chi connectivity index (χ3n) is 4.10. The summed E-state index contributed by atoms with van der Waals surface area (Å²) in [5.74, 6) is 0. The fourth-order valence-electron chi connectivity index (χ4n) is 2.70. The molecule has 120 valence electrons. The van der Waals surface area contributed by atoms with Crippen molar-refractivity contribution in [3.05, 3.63) is 35.4 Å². The summed E-state index contributed by atoms with van der Waals surface area (Å²) in [6.07, 6.45) is 8.16. The lowest BCUT2D eigenvalue weighted by Gasteiger charge is -2.23. The van der Waals surface area contributed by atoms with Gasteiger partial charge in [0.05, 0.1) is 6.21 Å². The second-order valence-electron chi connectivity index (χ2n) is 7.05. The molecular formula is C18H27N3S. The van der Waals surface area contributed by atoms with Crippen LogP contribution in [0.1, 0.15) is 64.0 Å². The maximum atomic E-state index is 5.28. The van der Waals surface area contributed by atoms with E-state index in [4.69, 9.17) is 12.2 Å². The number of nitrogens with zero attached hydrogens (tertiary/aromatic N) is 1. The Labute approximate surface area is 139 Å². The first-order valence-corrected chi connectivity index (χ1v) is 8.56. The molecule has 1 aliphatic carbocycles. The average Bonchev–Trinajstić information content (AvgIpc) is 2.48. The van der Waals surface area contributed by atoms with Crippen LogP contribution in [0.4, 0.5) is 0 Å². The third kappa shape index (κ3) is 5.41. The Morgan fingerprint density at radius 1 is 1.14 bits per heavy atom. The van der Waals surface area contributed by atoms with Gasteiger partial charge in [0.2, 0.25) is 0 Å². The zero-order chi connectivity index (χ0) is 16.0. The predicted octanol–water partition coefficient (Wildman–Crippen LogP) is 4.11. The fraction of sp³-hybridized carbons (Fsp3) is 0.556. The van der Waals surface area contributed by atoms with Crippen molar-refractivity contribution in [3.8, 4) is 0 Å². The van der Waals surface area contributed by atoms with Gasteiger partial charge >= 0.3 is 0 Å². The first-order chi connectivity index (χ1) is 10.4. The molecule has 1 aromatic rings. The summed E-state index contributed by atoms with van der Waals surface area (Å²) >= 11 is 5.28. The highest BCUT2D eigenvalue weighted by molar-refractivity contribution is 7.80. The average molecular weight is 318 g/mol. The highest BCUT2D eigenvalue weighted by atomic mass is 32.1. The molecule has 22 heavy (non-hydrogen) atoms. The summed E-state index contributed by atoms with van der Waals surface area (Å²) in [5, 5.41) is 8.18. The molecule has 0 heterocycles. The maximum Gasteiger partial charge on any atom is 0.187 e. The van der Waals surface area contributed by atoms with Gasteiger partial charge in [0.1, 0.15) is 0 Å². The lowest BCUT2D eigenvalue weighted by atomic mass is 9.87. The molecule has 0 bridgehead atoms. The highest BCUT2D eigenvalue weighted by Crippen LogP contribution is 2.21. The van der Waals surface area contributed by atoms with E-state index in [9.17, 15) is 0 Å². The van der Waals surface area contributed by atoms with E-state index in [0.717, 1.165) is 5.56 Å². The fourth-order valence-corrected chi connectivity index (χ4v) is 2.92. The number of rotatable bonds is 3. The first-order valence-electron chi connectivity index (χ1n) is 8.15. The first kappa shape index (κ1) is 16.9. The number of hydrogen-bond acceptors (Lipinski definition) is 2. The molecule has 0 unspecified atom stereocenters. The van der Waals surface area contributed by atoms with Gasteiger partial charge in [0, 0.05) is 6.04 Å². The molecular weight excluding hydrogens is 290 g/mol. The van der Waals surface area contributed by atoms with E-state index in [1.807, 2.05) is 0 Å². The van der Waals surface area contributed by atoms with E-state index in [0.29, 0.717) is 11.2 Å². The summed E-state index contributed by atoms with van der Waals surface area (Å²) in [6.45, 7) is 6.65. The van der Waals surface area contributed by atoms with Crippen molar-refractivity contribution in [2.45, 2.75) is 64.3 Å². The SMILES string of the molecule is CC(C)(C)c1ccc(/C=N\NC(=S)NC2CCCCC2)cc1. The van der Waals surface area contributed by atoms with Crippen molar-refractivity contribution in [3.63, 3.8) is 0 Å². The van der Waals surface area contributed by atoms with Crippen LogP contribution in [0.15, 0.2) is 29.4 Å². The quantitative estimate of drug-likeness (QED) is 0.500. The monoisotopic (exact) mass is 317 g/mol. The molecule has 3 nitrogen and oxygen atoms in total. The van der Waals surface area contributed by atoms with E-state index in [1.165, 1.54) is 37.7 Å². The summed E-state index contributed by atoms with van der Waals surface area (Å²) in [4.78, 5) is 0. The minimum Gasteiger partial charge on any atom is -0.359 e. The van der Waals surface area contributed by atoms with Gasteiger partial charge in [0.15, 0.2) is 5.11 Å². The van der Waals surface area contributed by atoms with Crippen LogP contribution in [-0.2, 0) is 5.41 Å². The number of nitrogens with one attached hydrogen (secondary N) is 2. The van der Waals surface area contributed by atoms with Crippen LogP contribution in [0.3, 0.4) is 0 Å². The minimum atomic E-state index is 0.180. The number of hydrazone groups is 1. The Balaban J connectivity index is 1.80. The van der Waals surface area contributed by atoms with Crippen LogP contribution >= 0.6 is 12.2 Å². The molecule has 0 aliphatic heterocycles. The van der Waals surface area contributed by atoms with Gasteiger partial charge in [-0.3, -0.25) is 5.43 Å². The van der Waals surface area contributed by atoms with E-state index in [1.54, 1.807) is 6.21 Å². The molecule has 4 heteroatoms. The minimum absolute atomic E-state index is 0.180. The van der Waals surface area contributed by atoms with Crippen LogP contribution in [0.25, 0.3) is 0 Å². The summed E-state index contributed by atoms with van der Waals surface area (Å²) in [7, 11) is 0. The second kappa shape index (κ2) is 7.73. The lowest BCUT2D eigenvalue weighted by molar-refractivity contribution is 0.412. The second-order valence-corrected chi connectivity index (χ2v) is 7.46. The standard InChI is InChI=1S/C18H27N3S/c1-18(2,3)15-11-9-14(10-12-15)13-19-21-17(22)20-16-7-5-4-6-8-16/h9-13,16H,4-8H2,1-3H3,(H2,20,21,22)/b19-13-. The lowest BCUT2D eigenvalue weighted by Crippen LogP contribution is -2.40. The molecule has 1 saturated carbocycles. The van der Waals surface area contributed by atoms with Crippen molar-refractivity contribution < 1.29 is 0 Å². The van der Waals surface area contributed by atoms with Crippen molar-refractivity contribution in [1.82, 2.24) is 10.7 Å². The number of thiocarbonyl (C=S) groups is 1. The molecule has 1 aromatic carbocycles. The smallest absolute Gasteiger partial charge is 0.187 e. The molecule has 0 radical (unpaired) electrons. The third-order valence-corrected chi connectivity index (χ3v) is 4.31. The van der Waals surface area contributed by atoms with Crippen molar-refractivity contribution in [2.24, 2.45) is 5.10 Å². The molecule has 0 spiro atoms. The van der Waals surface area contributed by atoms with Crippen molar-refractivity contribution >= 4 is 23.5 Å². The Morgan fingerprint density at radius 2 is 1.77 bits per heavy atom. The van der Waals surface area contributed by atoms with Crippen LogP contribution in [0, 0.1) is 0 Å². The largest absolute Gasteiger partial charge is 0.359 e. The Morgan fingerprint density at radius 3 is 2.36 bits per heavy atom. The van der Waals surface area contributed by atoms with Gasteiger partial charge in [0.25, 0.3) is 0 Å². The zero-order valence-corrected chi connectivity index (χ0v) is 14.7. The molecule has 1 fully saturated rings. The number of hydrogen-bond donors (Lipinski definition) is 2. The van der Waals surface area contributed by atoms with E-state index >= 15 is 0 Å². The van der Waals surface area contributed by atoms with Crippen LogP contribution in [-0.4, -0.2) is 17.4 Å². The van der Waals surface area contributed by atoms with Gasteiger partial charge in [-0.2, -0.15) is 5.10 Å². The summed E-state index contributed by atoms with van der Waals surface area (Å²) in [5.41, 5.74) is 5.49. The Hall–Kier alpha value is -1.42. The molecule has 0 aromatic heterocycles. The van der Waals surface area contributed by atoms with Crippen molar-refractivity contribution in [2.75, 3.05) is 0 Å². The summed E-state index contributed by atoms with van der Waals surface area (Å²) in [6, 6.07) is 8.99. The molecule has 1 aliphatic rings. The summed E-state index contributed by atoms with van der Waals surface area (Å²) < 4.78 is 0. The van der Waals surface area contributed by atoms with Gasteiger partial charge < -0.3 is 5.32 Å². The molecule has 0 amide bonds. The van der Waals surface area contributed by atoms with E-state index < -0.39 is 0 Å². The van der Waals surface area contributed by atoms with Gasteiger partial charge in [-0.05, 0) is 41.6 Å². The van der Waals surface area contributed by atoms with Crippen LogP contribution < -0.4 is 10.7 Å². The molecule has 2 N–H and O–H groups in total. The van der Waals surface area contributed by atoms with Gasteiger partial charge in [-0.1, -0.05) is 64.3 Å². The predicted molar refractivity (Wildman–Crippen MR) is 98.5 cm³/mol.